The van der Waals surface area contributed by atoms with E-state index in [2.05, 4.69) is 5.32 Å². The minimum Gasteiger partial charge on any atom is -0.368 e. The highest BCUT2D eigenvalue weighted by molar-refractivity contribution is 6.30. The van der Waals surface area contributed by atoms with Crippen LogP contribution >= 0.6 is 23.2 Å². The lowest BCUT2D eigenvalue weighted by Gasteiger charge is -2.27. The van der Waals surface area contributed by atoms with Crippen LogP contribution in [0.15, 0.2) is 48.5 Å². The van der Waals surface area contributed by atoms with Gasteiger partial charge in [0.25, 0.3) is 0 Å². The van der Waals surface area contributed by atoms with Gasteiger partial charge in [0, 0.05) is 28.6 Å². The van der Waals surface area contributed by atoms with Gasteiger partial charge >= 0.3 is 0 Å². The van der Waals surface area contributed by atoms with Crippen molar-refractivity contribution in [3.05, 3.63) is 69.7 Å². The maximum Gasteiger partial charge on any atom is 0.249 e. The Labute approximate surface area is 164 Å². The normalized spacial score (nSPS) is 19.1. The van der Waals surface area contributed by atoms with E-state index >= 15 is 0 Å². The third-order valence-electron chi connectivity index (χ3n) is 4.86. The lowest BCUT2D eigenvalue weighted by molar-refractivity contribution is -0.130. The lowest BCUT2D eigenvalue weighted by Crippen LogP contribution is -2.43. The van der Waals surface area contributed by atoms with Crippen molar-refractivity contribution in [3.8, 4) is 0 Å². The van der Waals surface area contributed by atoms with Gasteiger partial charge in [-0.15, -0.1) is 0 Å². The first-order valence-corrected chi connectivity index (χ1v) is 9.70. The zero-order chi connectivity index (χ0) is 18.5. The minimum absolute atomic E-state index is 0.0231. The van der Waals surface area contributed by atoms with Crippen LogP contribution in [0.2, 0.25) is 10.0 Å². The van der Waals surface area contributed by atoms with E-state index in [-0.39, 0.29) is 24.0 Å². The molecule has 0 aromatic heterocycles. The molecule has 1 fully saturated rings. The molecule has 1 N–H and O–H groups in total. The number of ether oxygens (including phenoxy) is 1. The molecule has 3 nitrogen and oxygen atoms in total. The molecule has 0 spiro atoms. The SMILES string of the molecule is CC(NC(=O)C1CCCO1)C(Cc1ccc(Cl)cc1)c1ccc(Cl)cc1. The van der Waals surface area contributed by atoms with Crippen LogP contribution in [-0.4, -0.2) is 24.7 Å². The van der Waals surface area contributed by atoms with Crippen molar-refractivity contribution in [3.63, 3.8) is 0 Å². The summed E-state index contributed by atoms with van der Waals surface area (Å²) in [6.07, 6.45) is 2.21. The van der Waals surface area contributed by atoms with Gasteiger partial charge in [-0.1, -0.05) is 47.5 Å². The van der Waals surface area contributed by atoms with Crippen molar-refractivity contribution >= 4 is 29.1 Å². The summed E-state index contributed by atoms with van der Waals surface area (Å²) in [5.41, 5.74) is 2.32. The Bertz CT molecular complexity index is 725. The summed E-state index contributed by atoms with van der Waals surface area (Å²) < 4.78 is 5.50. The molecule has 1 heterocycles. The van der Waals surface area contributed by atoms with Crippen molar-refractivity contribution in [2.45, 2.75) is 44.2 Å². The fourth-order valence-electron chi connectivity index (χ4n) is 3.37. The van der Waals surface area contributed by atoms with Gasteiger partial charge in [0.1, 0.15) is 6.10 Å². The maximum absolute atomic E-state index is 12.5. The summed E-state index contributed by atoms with van der Waals surface area (Å²) in [4.78, 5) is 12.5. The second-order valence-corrected chi connectivity index (χ2v) is 7.66. The van der Waals surface area contributed by atoms with Crippen molar-refractivity contribution in [2.75, 3.05) is 6.61 Å². The Morgan fingerprint density at radius 2 is 1.73 bits per heavy atom. The third kappa shape index (κ3) is 5.00. The van der Waals surface area contributed by atoms with E-state index in [0.717, 1.165) is 29.8 Å². The second kappa shape index (κ2) is 8.90. The van der Waals surface area contributed by atoms with Gasteiger partial charge in [0.2, 0.25) is 5.91 Å². The molecule has 0 radical (unpaired) electrons. The van der Waals surface area contributed by atoms with Gasteiger partial charge in [0.15, 0.2) is 0 Å². The molecule has 26 heavy (non-hydrogen) atoms. The zero-order valence-electron chi connectivity index (χ0n) is 14.8. The Kier molecular flexibility index (Phi) is 6.58. The van der Waals surface area contributed by atoms with Crippen molar-refractivity contribution < 1.29 is 9.53 Å². The van der Waals surface area contributed by atoms with Crippen LogP contribution in [-0.2, 0) is 16.0 Å². The molecule has 2 aromatic rings. The van der Waals surface area contributed by atoms with Gasteiger partial charge in [-0.25, -0.2) is 0 Å². The van der Waals surface area contributed by atoms with E-state index in [1.807, 2.05) is 55.5 Å². The molecular formula is C21H23Cl2NO2. The van der Waals surface area contributed by atoms with E-state index < -0.39 is 0 Å². The number of carbonyl (C=O) groups excluding carboxylic acids is 1. The number of benzene rings is 2. The highest BCUT2D eigenvalue weighted by Crippen LogP contribution is 2.27. The quantitative estimate of drug-likeness (QED) is 0.751. The molecule has 5 heteroatoms. The van der Waals surface area contributed by atoms with Gasteiger partial charge in [-0.3, -0.25) is 4.79 Å². The van der Waals surface area contributed by atoms with Crippen LogP contribution in [0.25, 0.3) is 0 Å². The van der Waals surface area contributed by atoms with Crippen LogP contribution in [0.3, 0.4) is 0 Å². The fourth-order valence-corrected chi connectivity index (χ4v) is 3.62. The average Bonchev–Trinajstić information content (AvgIpc) is 3.17. The van der Waals surface area contributed by atoms with Gasteiger partial charge in [0.05, 0.1) is 0 Å². The van der Waals surface area contributed by atoms with Gasteiger partial charge < -0.3 is 10.1 Å². The predicted molar refractivity (Wildman–Crippen MR) is 106 cm³/mol. The summed E-state index contributed by atoms with van der Waals surface area (Å²) in [6.45, 7) is 2.71. The van der Waals surface area contributed by atoms with E-state index in [1.54, 1.807) is 0 Å². The number of amides is 1. The first kappa shape index (κ1) is 19.2. The molecule has 2 aromatic carbocycles. The largest absolute Gasteiger partial charge is 0.368 e. The first-order valence-electron chi connectivity index (χ1n) is 8.95. The summed E-state index contributed by atoms with van der Waals surface area (Å²) >= 11 is 12.0. The number of carbonyl (C=O) groups is 1. The van der Waals surface area contributed by atoms with Crippen molar-refractivity contribution in [2.24, 2.45) is 0 Å². The van der Waals surface area contributed by atoms with Crippen LogP contribution in [0, 0.1) is 0 Å². The Hall–Kier alpha value is -1.55. The van der Waals surface area contributed by atoms with E-state index in [4.69, 9.17) is 27.9 Å². The Morgan fingerprint density at radius 3 is 2.31 bits per heavy atom. The van der Waals surface area contributed by atoms with Crippen LogP contribution in [0.5, 0.6) is 0 Å². The molecule has 0 saturated carbocycles. The van der Waals surface area contributed by atoms with Crippen LogP contribution < -0.4 is 5.32 Å². The minimum atomic E-state index is -0.321. The number of halogens is 2. The molecular weight excluding hydrogens is 369 g/mol. The van der Waals surface area contributed by atoms with Crippen LogP contribution in [0.1, 0.15) is 36.8 Å². The summed E-state index contributed by atoms with van der Waals surface area (Å²) in [6, 6.07) is 15.6. The molecule has 1 aliphatic rings. The zero-order valence-corrected chi connectivity index (χ0v) is 16.3. The van der Waals surface area contributed by atoms with Crippen molar-refractivity contribution in [1.82, 2.24) is 5.32 Å². The first-order chi connectivity index (χ1) is 12.5. The standard InChI is InChI=1S/C21H23Cl2NO2/c1-14(24-21(25)20-3-2-12-26-20)19(16-6-10-18(23)11-7-16)13-15-4-8-17(22)9-5-15/h4-11,14,19-20H,2-3,12-13H2,1H3,(H,24,25). The predicted octanol–water partition coefficient (Wildman–Crippen LogP) is 5.00. The monoisotopic (exact) mass is 391 g/mol. The third-order valence-corrected chi connectivity index (χ3v) is 5.37. The van der Waals surface area contributed by atoms with E-state index in [9.17, 15) is 4.79 Å². The molecule has 3 atom stereocenters. The Balaban J connectivity index is 1.77. The van der Waals surface area contributed by atoms with Gasteiger partial charge in [-0.05, 0) is 61.6 Å². The second-order valence-electron chi connectivity index (χ2n) is 6.79. The summed E-state index contributed by atoms with van der Waals surface area (Å²) in [7, 11) is 0. The number of hydrogen-bond acceptors (Lipinski definition) is 2. The summed E-state index contributed by atoms with van der Waals surface area (Å²) in [5.74, 6) is 0.101. The highest BCUT2D eigenvalue weighted by atomic mass is 35.5. The molecule has 3 rings (SSSR count). The smallest absolute Gasteiger partial charge is 0.249 e. The molecule has 1 amide bonds. The fraction of sp³-hybridized carbons (Fsp3) is 0.381. The molecule has 0 aliphatic carbocycles. The lowest BCUT2D eigenvalue weighted by atomic mass is 9.86. The van der Waals surface area contributed by atoms with Crippen molar-refractivity contribution in [1.29, 1.82) is 0 Å². The highest BCUT2D eigenvalue weighted by Gasteiger charge is 2.28. The molecule has 3 unspecified atom stereocenters. The van der Waals surface area contributed by atoms with E-state index in [1.165, 1.54) is 5.56 Å². The van der Waals surface area contributed by atoms with Gasteiger partial charge in [-0.2, -0.15) is 0 Å². The average molecular weight is 392 g/mol. The molecule has 138 valence electrons. The number of hydrogen-bond donors (Lipinski definition) is 1. The maximum atomic E-state index is 12.5. The molecule has 1 saturated heterocycles. The summed E-state index contributed by atoms with van der Waals surface area (Å²) in [5, 5.41) is 4.57. The number of rotatable bonds is 6. The number of nitrogens with one attached hydrogen (secondary N) is 1. The van der Waals surface area contributed by atoms with E-state index in [0.29, 0.717) is 11.6 Å². The van der Waals surface area contributed by atoms with Crippen LogP contribution in [0.4, 0.5) is 0 Å². The topological polar surface area (TPSA) is 38.3 Å². The molecule has 0 bridgehead atoms. The Morgan fingerprint density at radius 1 is 1.12 bits per heavy atom. The molecule has 1 aliphatic heterocycles.